The summed E-state index contributed by atoms with van der Waals surface area (Å²) >= 11 is 0. The molecule has 1 amide bonds. The standard InChI is InChI=1S/C19H24N2O3.ClH/c1-4-23-17-11-8-15(12-18(17)24-5-2)13(3)21-19(22)14-6-9-16(20)10-7-14;/h6-13H,4-5,20H2,1-3H3,(H,21,22);1H. The van der Waals surface area contributed by atoms with Crippen molar-refractivity contribution in [3.63, 3.8) is 0 Å². The number of anilines is 1. The SMILES string of the molecule is CCOc1ccc(C(C)NC(=O)c2ccc(N)cc2)cc1OCC.Cl. The summed E-state index contributed by atoms with van der Waals surface area (Å²) in [6, 6.07) is 12.4. The minimum atomic E-state index is -0.162. The van der Waals surface area contributed by atoms with E-state index in [0.29, 0.717) is 36.0 Å². The maximum Gasteiger partial charge on any atom is 0.251 e. The average molecular weight is 365 g/mol. The van der Waals surface area contributed by atoms with E-state index in [1.165, 1.54) is 0 Å². The lowest BCUT2D eigenvalue weighted by Crippen LogP contribution is -2.26. The van der Waals surface area contributed by atoms with Gasteiger partial charge in [0.2, 0.25) is 0 Å². The van der Waals surface area contributed by atoms with Gasteiger partial charge in [0.1, 0.15) is 0 Å². The van der Waals surface area contributed by atoms with Crippen molar-refractivity contribution in [2.45, 2.75) is 26.8 Å². The zero-order valence-electron chi connectivity index (χ0n) is 14.7. The summed E-state index contributed by atoms with van der Waals surface area (Å²) in [5.74, 6) is 1.25. The quantitative estimate of drug-likeness (QED) is 0.729. The van der Waals surface area contributed by atoms with E-state index < -0.39 is 0 Å². The van der Waals surface area contributed by atoms with Gasteiger partial charge in [-0.15, -0.1) is 12.4 Å². The molecular formula is C19H25ClN2O3. The number of nitrogens with two attached hydrogens (primary N) is 1. The van der Waals surface area contributed by atoms with Crippen molar-refractivity contribution in [1.29, 1.82) is 0 Å². The van der Waals surface area contributed by atoms with Crippen LogP contribution in [0.25, 0.3) is 0 Å². The number of hydrogen-bond donors (Lipinski definition) is 2. The number of rotatable bonds is 7. The first kappa shape index (κ1) is 20.6. The van der Waals surface area contributed by atoms with Crippen molar-refractivity contribution in [3.05, 3.63) is 53.6 Å². The lowest BCUT2D eigenvalue weighted by molar-refractivity contribution is 0.0940. The largest absolute Gasteiger partial charge is 0.490 e. The molecule has 1 unspecified atom stereocenters. The lowest BCUT2D eigenvalue weighted by Gasteiger charge is -2.17. The molecule has 25 heavy (non-hydrogen) atoms. The van der Waals surface area contributed by atoms with E-state index in [2.05, 4.69) is 5.32 Å². The van der Waals surface area contributed by atoms with E-state index >= 15 is 0 Å². The Morgan fingerprint density at radius 1 is 1.04 bits per heavy atom. The summed E-state index contributed by atoms with van der Waals surface area (Å²) in [5.41, 5.74) is 7.80. The number of hydrogen-bond acceptors (Lipinski definition) is 4. The molecule has 136 valence electrons. The minimum absolute atomic E-state index is 0. The van der Waals surface area contributed by atoms with Gasteiger partial charge in [-0.25, -0.2) is 0 Å². The van der Waals surface area contributed by atoms with Gasteiger partial charge in [0.15, 0.2) is 11.5 Å². The van der Waals surface area contributed by atoms with Crippen LogP contribution in [-0.2, 0) is 0 Å². The Labute approximate surface area is 154 Å². The van der Waals surface area contributed by atoms with E-state index in [1.54, 1.807) is 24.3 Å². The molecule has 0 saturated heterocycles. The fourth-order valence-corrected chi connectivity index (χ4v) is 2.33. The fraction of sp³-hybridized carbons (Fsp3) is 0.316. The number of nitrogens with one attached hydrogen (secondary N) is 1. The molecule has 3 N–H and O–H groups in total. The van der Waals surface area contributed by atoms with Crippen LogP contribution in [0.4, 0.5) is 5.69 Å². The maximum absolute atomic E-state index is 12.3. The molecule has 0 heterocycles. The molecule has 0 fully saturated rings. The number of nitrogen functional groups attached to an aromatic ring is 1. The first-order valence-electron chi connectivity index (χ1n) is 8.11. The highest BCUT2D eigenvalue weighted by molar-refractivity contribution is 5.94. The molecule has 0 aliphatic heterocycles. The molecule has 0 aromatic heterocycles. The Morgan fingerprint density at radius 2 is 1.64 bits per heavy atom. The van der Waals surface area contributed by atoms with Gasteiger partial charge in [0.25, 0.3) is 5.91 Å². The van der Waals surface area contributed by atoms with Crippen molar-refractivity contribution < 1.29 is 14.3 Å². The Morgan fingerprint density at radius 3 is 2.24 bits per heavy atom. The zero-order valence-corrected chi connectivity index (χ0v) is 15.6. The van der Waals surface area contributed by atoms with Crippen molar-refractivity contribution in [1.82, 2.24) is 5.32 Å². The van der Waals surface area contributed by atoms with Crippen LogP contribution >= 0.6 is 12.4 Å². The summed E-state index contributed by atoms with van der Waals surface area (Å²) in [7, 11) is 0. The van der Waals surface area contributed by atoms with Gasteiger partial charge >= 0.3 is 0 Å². The van der Waals surface area contributed by atoms with Gasteiger partial charge in [-0.05, 0) is 62.7 Å². The summed E-state index contributed by atoms with van der Waals surface area (Å²) in [6.45, 7) is 6.91. The number of amides is 1. The summed E-state index contributed by atoms with van der Waals surface area (Å²) < 4.78 is 11.2. The molecular weight excluding hydrogens is 340 g/mol. The predicted octanol–water partition coefficient (Wildman–Crippen LogP) is 3.98. The van der Waals surface area contributed by atoms with Crippen molar-refractivity contribution in [2.75, 3.05) is 18.9 Å². The summed E-state index contributed by atoms with van der Waals surface area (Å²) in [5, 5.41) is 2.98. The molecule has 1 atom stereocenters. The summed E-state index contributed by atoms with van der Waals surface area (Å²) in [4.78, 5) is 12.3. The minimum Gasteiger partial charge on any atom is -0.490 e. The molecule has 0 aliphatic rings. The van der Waals surface area contributed by atoms with Crippen molar-refractivity contribution >= 4 is 24.0 Å². The number of carbonyl (C=O) groups excluding carboxylic acids is 1. The molecule has 5 nitrogen and oxygen atoms in total. The van der Waals surface area contributed by atoms with Crippen LogP contribution in [0, 0.1) is 0 Å². The first-order chi connectivity index (χ1) is 11.5. The van der Waals surface area contributed by atoms with Crippen LogP contribution in [0.2, 0.25) is 0 Å². The maximum atomic E-state index is 12.3. The lowest BCUT2D eigenvalue weighted by atomic mass is 10.1. The average Bonchev–Trinajstić information content (AvgIpc) is 2.57. The third-order valence-electron chi connectivity index (χ3n) is 3.59. The first-order valence-corrected chi connectivity index (χ1v) is 8.11. The molecule has 0 radical (unpaired) electrons. The van der Waals surface area contributed by atoms with Gasteiger partial charge in [-0.2, -0.15) is 0 Å². The molecule has 0 spiro atoms. The zero-order chi connectivity index (χ0) is 17.5. The Balaban J connectivity index is 0.00000312. The third-order valence-corrected chi connectivity index (χ3v) is 3.59. The topological polar surface area (TPSA) is 73.6 Å². The number of ether oxygens (including phenoxy) is 2. The third kappa shape index (κ3) is 5.57. The van der Waals surface area contributed by atoms with Crippen LogP contribution in [0.1, 0.15) is 42.7 Å². The van der Waals surface area contributed by atoms with Crippen molar-refractivity contribution in [2.24, 2.45) is 0 Å². The van der Waals surface area contributed by atoms with Gasteiger partial charge in [-0.1, -0.05) is 6.07 Å². The second-order valence-corrected chi connectivity index (χ2v) is 5.39. The van der Waals surface area contributed by atoms with Crippen LogP contribution in [0.15, 0.2) is 42.5 Å². The smallest absolute Gasteiger partial charge is 0.251 e. The van der Waals surface area contributed by atoms with Gasteiger partial charge in [-0.3, -0.25) is 4.79 Å². The Bertz CT molecular complexity index is 690. The van der Waals surface area contributed by atoms with Gasteiger partial charge in [0, 0.05) is 11.3 Å². The monoisotopic (exact) mass is 364 g/mol. The molecule has 0 saturated carbocycles. The molecule has 2 rings (SSSR count). The van der Waals surface area contributed by atoms with E-state index in [-0.39, 0.29) is 24.4 Å². The molecule has 6 heteroatoms. The second-order valence-electron chi connectivity index (χ2n) is 5.39. The van der Waals surface area contributed by atoms with Gasteiger partial charge < -0.3 is 20.5 Å². The van der Waals surface area contributed by atoms with Crippen LogP contribution in [0.5, 0.6) is 11.5 Å². The summed E-state index contributed by atoms with van der Waals surface area (Å²) in [6.07, 6.45) is 0. The number of benzene rings is 2. The Kier molecular flexibility index (Phi) is 8.08. The number of halogens is 1. The highest BCUT2D eigenvalue weighted by atomic mass is 35.5. The normalized spacial score (nSPS) is 11.2. The Hall–Kier alpha value is -2.40. The molecule has 2 aromatic rings. The van der Waals surface area contributed by atoms with Crippen molar-refractivity contribution in [3.8, 4) is 11.5 Å². The molecule has 0 aliphatic carbocycles. The highest BCUT2D eigenvalue weighted by Crippen LogP contribution is 2.30. The number of carbonyl (C=O) groups is 1. The molecule has 2 aromatic carbocycles. The van der Waals surface area contributed by atoms with E-state index in [4.69, 9.17) is 15.2 Å². The van der Waals surface area contributed by atoms with Crippen LogP contribution < -0.4 is 20.5 Å². The van der Waals surface area contributed by atoms with Gasteiger partial charge in [0.05, 0.1) is 19.3 Å². The van der Waals surface area contributed by atoms with E-state index in [9.17, 15) is 4.79 Å². The molecule has 0 bridgehead atoms. The highest BCUT2D eigenvalue weighted by Gasteiger charge is 2.14. The van der Waals surface area contributed by atoms with E-state index in [0.717, 1.165) is 5.56 Å². The second kappa shape index (κ2) is 9.79. The van der Waals surface area contributed by atoms with Crippen LogP contribution in [0.3, 0.4) is 0 Å². The predicted molar refractivity (Wildman–Crippen MR) is 103 cm³/mol. The van der Waals surface area contributed by atoms with Crippen LogP contribution in [-0.4, -0.2) is 19.1 Å². The van der Waals surface area contributed by atoms with E-state index in [1.807, 2.05) is 39.0 Å². The fourth-order valence-electron chi connectivity index (χ4n) is 2.33.